The molecule has 2 N–H and O–H groups in total. The maximum atomic E-state index is 12.5. The third kappa shape index (κ3) is 3.81. The average molecular weight is 395 g/mol. The van der Waals surface area contributed by atoms with E-state index < -0.39 is 16.1 Å². The van der Waals surface area contributed by atoms with Crippen molar-refractivity contribution in [3.63, 3.8) is 0 Å². The van der Waals surface area contributed by atoms with Crippen molar-refractivity contribution in [2.75, 3.05) is 12.4 Å². The van der Waals surface area contributed by atoms with Gasteiger partial charge >= 0.3 is 6.03 Å². The van der Waals surface area contributed by atoms with E-state index >= 15 is 0 Å². The van der Waals surface area contributed by atoms with E-state index in [4.69, 9.17) is 9.26 Å². The number of amides is 2. The molecule has 3 aromatic heterocycles. The molecule has 10 nitrogen and oxygen atoms in total. The highest BCUT2D eigenvalue weighted by atomic mass is 32.2. The summed E-state index contributed by atoms with van der Waals surface area (Å²) in [5.74, 6) is 0.152. The summed E-state index contributed by atoms with van der Waals surface area (Å²) in [5.41, 5.74) is 1.22. The van der Waals surface area contributed by atoms with Crippen LogP contribution in [0, 0.1) is 6.92 Å². The largest absolute Gasteiger partial charge is 0.481 e. The first kappa shape index (κ1) is 17.8. The molecule has 3 rings (SSSR count). The Bertz CT molecular complexity index is 1030. The van der Waals surface area contributed by atoms with Crippen LogP contribution in [0.3, 0.4) is 0 Å². The lowest BCUT2D eigenvalue weighted by atomic mass is 10.2. The van der Waals surface area contributed by atoms with Crippen molar-refractivity contribution >= 4 is 33.3 Å². The molecule has 0 radical (unpaired) electrons. The number of sulfonamides is 1. The maximum absolute atomic E-state index is 12.5. The minimum absolute atomic E-state index is 0.0655. The smallest absolute Gasteiger partial charge is 0.335 e. The lowest BCUT2D eigenvalue weighted by Gasteiger charge is -2.09. The van der Waals surface area contributed by atoms with Gasteiger partial charge < -0.3 is 9.26 Å². The molecular formula is C14H13N5O5S2. The number of hydrogen-bond donors (Lipinski definition) is 2. The van der Waals surface area contributed by atoms with Crippen LogP contribution in [0.4, 0.5) is 10.7 Å². The van der Waals surface area contributed by atoms with Gasteiger partial charge in [0.05, 0.1) is 7.11 Å². The summed E-state index contributed by atoms with van der Waals surface area (Å²) in [4.78, 5) is 20.0. The number of hydrogen-bond acceptors (Lipinski definition) is 9. The quantitative estimate of drug-likeness (QED) is 0.669. The molecule has 0 fully saturated rings. The molecule has 26 heavy (non-hydrogen) atoms. The zero-order valence-corrected chi connectivity index (χ0v) is 15.2. The Morgan fingerprint density at radius 3 is 2.81 bits per heavy atom. The zero-order chi connectivity index (χ0) is 18.7. The van der Waals surface area contributed by atoms with Crippen LogP contribution >= 0.6 is 11.3 Å². The minimum Gasteiger partial charge on any atom is -0.481 e. The van der Waals surface area contributed by atoms with Crippen molar-refractivity contribution in [3.05, 3.63) is 35.5 Å². The summed E-state index contributed by atoms with van der Waals surface area (Å²) < 4.78 is 36.6. The topological polar surface area (TPSA) is 136 Å². The number of aryl methyl sites for hydroxylation is 1. The highest BCUT2D eigenvalue weighted by Gasteiger charge is 2.25. The molecule has 136 valence electrons. The van der Waals surface area contributed by atoms with Crippen LogP contribution in [0.5, 0.6) is 5.88 Å². The molecule has 0 saturated carbocycles. The molecule has 0 bridgehead atoms. The van der Waals surface area contributed by atoms with Crippen LogP contribution in [0.2, 0.25) is 0 Å². The molecule has 3 aromatic rings. The number of aromatic nitrogens is 3. The summed E-state index contributed by atoms with van der Waals surface area (Å²) in [5, 5.41) is 7.56. The van der Waals surface area contributed by atoms with Crippen molar-refractivity contribution in [2.45, 2.75) is 11.1 Å². The number of nitrogens with one attached hydrogen (secondary N) is 2. The average Bonchev–Trinajstić information content (AvgIpc) is 3.24. The summed E-state index contributed by atoms with van der Waals surface area (Å²) in [6.07, 6.45) is 1.33. The molecule has 0 aliphatic carbocycles. The number of rotatable bonds is 5. The molecule has 2 amide bonds. The number of urea groups is 1. The molecule has 0 unspecified atom stereocenters. The first-order valence-corrected chi connectivity index (χ1v) is 9.47. The molecule has 0 saturated heterocycles. The second-order valence-electron chi connectivity index (χ2n) is 4.94. The van der Waals surface area contributed by atoms with Gasteiger partial charge in [0.25, 0.3) is 10.0 Å². The number of carbonyl (C=O) groups is 1. The predicted molar refractivity (Wildman–Crippen MR) is 92.5 cm³/mol. The normalized spacial score (nSPS) is 11.2. The van der Waals surface area contributed by atoms with Crippen molar-refractivity contribution in [3.8, 4) is 17.1 Å². The van der Waals surface area contributed by atoms with E-state index in [9.17, 15) is 13.2 Å². The second-order valence-corrected chi connectivity index (χ2v) is 7.74. The molecule has 12 heteroatoms. The summed E-state index contributed by atoms with van der Waals surface area (Å²) in [6.45, 7) is 1.68. The Hall–Kier alpha value is -2.99. The zero-order valence-electron chi connectivity index (χ0n) is 13.6. The van der Waals surface area contributed by atoms with Gasteiger partial charge in [-0.05, 0) is 18.4 Å². The number of methoxy groups -OCH3 is 1. The van der Waals surface area contributed by atoms with E-state index in [0.29, 0.717) is 17.0 Å². The fourth-order valence-electron chi connectivity index (χ4n) is 2.04. The highest BCUT2D eigenvalue weighted by molar-refractivity contribution is 7.92. The minimum atomic E-state index is -4.13. The van der Waals surface area contributed by atoms with Crippen LogP contribution in [0.25, 0.3) is 11.3 Å². The van der Waals surface area contributed by atoms with Crippen molar-refractivity contribution in [2.24, 2.45) is 0 Å². The maximum Gasteiger partial charge on any atom is 0.335 e. The number of carbonyl (C=O) groups excluding carboxylic acids is 1. The van der Waals surface area contributed by atoms with Gasteiger partial charge in [-0.15, -0.1) is 11.3 Å². The van der Waals surface area contributed by atoms with Crippen LogP contribution in [-0.4, -0.2) is 36.7 Å². The van der Waals surface area contributed by atoms with E-state index in [-0.39, 0.29) is 16.0 Å². The van der Waals surface area contributed by atoms with Gasteiger partial charge in [0.2, 0.25) is 11.8 Å². The molecule has 3 heterocycles. The third-order valence-electron chi connectivity index (χ3n) is 3.08. The monoisotopic (exact) mass is 395 g/mol. The summed E-state index contributed by atoms with van der Waals surface area (Å²) >= 11 is 0.948. The molecule has 0 spiro atoms. The van der Waals surface area contributed by atoms with E-state index in [1.54, 1.807) is 24.4 Å². The Morgan fingerprint density at radius 2 is 2.12 bits per heavy atom. The van der Waals surface area contributed by atoms with Gasteiger partial charge in [-0.3, -0.25) is 5.32 Å². The first-order valence-electron chi connectivity index (χ1n) is 7.11. The van der Waals surface area contributed by atoms with Gasteiger partial charge in [-0.25, -0.2) is 22.9 Å². The molecule has 0 aromatic carbocycles. The van der Waals surface area contributed by atoms with E-state index in [1.807, 2.05) is 4.72 Å². The first-order chi connectivity index (χ1) is 12.4. The fourth-order valence-corrected chi connectivity index (χ4v) is 4.32. The van der Waals surface area contributed by atoms with E-state index in [2.05, 4.69) is 20.4 Å². The van der Waals surface area contributed by atoms with Crippen molar-refractivity contribution < 1.29 is 22.5 Å². The van der Waals surface area contributed by atoms with Gasteiger partial charge in [0.15, 0.2) is 0 Å². The molecular weight excluding hydrogens is 382 g/mol. The predicted octanol–water partition coefficient (Wildman–Crippen LogP) is 2.02. The lowest BCUT2D eigenvalue weighted by Crippen LogP contribution is -2.34. The van der Waals surface area contributed by atoms with E-state index in [0.717, 1.165) is 11.3 Å². The number of thiophene rings is 1. The Balaban J connectivity index is 1.79. The molecule has 0 aliphatic rings. The summed E-state index contributed by atoms with van der Waals surface area (Å²) in [6, 6.07) is 3.66. The van der Waals surface area contributed by atoms with Crippen molar-refractivity contribution in [1.29, 1.82) is 0 Å². The Labute approximate surface area is 152 Å². The number of anilines is 1. The van der Waals surface area contributed by atoms with Crippen LogP contribution in [-0.2, 0) is 10.0 Å². The number of ether oxygens (including phenoxy) is 1. The third-order valence-corrected chi connectivity index (χ3v) is 5.90. The van der Waals surface area contributed by atoms with Gasteiger partial charge in [0.1, 0.15) is 16.2 Å². The highest BCUT2D eigenvalue weighted by Crippen LogP contribution is 2.30. The van der Waals surface area contributed by atoms with Crippen LogP contribution in [0.1, 0.15) is 5.69 Å². The molecule has 0 aliphatic heterocycles. The second kappa shape index (κ2) is 7.09. The van der Waals surface area contributed by atoms with Crippen molar-refractivity contribution in [1.82, 2.24) is 19.8 Å². The van der Waals surface area contributed by atoms with E-state index in [1.165, 1.54) is 19.4 Å². The fraction of sp³-hybridized carbons (Fsp3) is 0.143. The standard InChI is InChI=1S/C14H13N5O5S2/c1-8-7-11(23-2)16-13(15-8)17-14(20)19-26(21,22)12-9(4-6-25-12)10-3-5-24-18-10/h3-7H,1-2H3,(H2,15,16,17,19,20). The Morgan fingerprint density at radius 1 is 1.31 bits per heavy atom. The molecule has 0 atom stereocenters. The lowest BCUT2D eigenvalue weighted by molar-refractivity contribution is 0.256. The van der Waals surface area contributed by atoms with Crippen LogP contribution in [0.15, 0.2) is 38.6 Å². The van der Waals surface area contributed by atoms with Gasteiger partial charge in [-0.1, -0.05) is 5.16 Å². The summed E-state index contributed by atoms with van der Waals surface area (Å²) in [7, 11) is -2.72. The van der Waals surface area contributed by atoms with Crippen LogP contribution < -0.4 is 14.8 Å². The van der Waals surface area contributed by atoms with Gasteiger partial charge in [0, 0.05) is 23.4 Å². The Kier molecular flexibility index (Phi) is 4.86. The SMILES string of the molecule is COc1cc(C)nc(NC(=O)NS(=O)(=O)c2sccc2-c2ccon2)n1. The van der Waals surface area contributed by atoms with Gasteiger partial charge in [-0.2, -0.15) is 4.98 Å². The number of nitrogens with zero attached hydrogens (tertiary/aromatic N) is 3.